The van der Waals surface area contributed by atoms with Gasteiger partial charge in [0.15, 0.2) is 5.96 Å². The Balaban J connectivity index is 0.00000420. The quantitative estimate of drug-likeness (QED) is 0.326. The molecule has 1 saturated heterocycles. The summed E-state index contributed by atoms with van der Waals surface area (Å²) in [5, 5.41) is 5.97. The third-order valence-electron chi connectivity index (χ3n) is 5.05. The summed E-state index contributed by atoms with van der Waals surface area (Å²) in [6.45, 7) is 2.01. The van der Waals surface area contributed by atoms with E-state index in [0.717, 1.165) is 31.9 Å². The van der Waals surface area contributed by atoms with Crippen LogP contribution in [0, 0.1) is 5.92 Å². The minimum Gasteiger partial charge on any atom is -0.359 e. The van der Waals surface area contributed by atoms with Crippen LogP contribution in [-0.4, -0.2) is 70.8 Å². The molecule has 0 spiro atoms. The van der Waals surface area contributed by atoms with E-state index < -0.39 is 10.0 Å². The van der Waals surface area contributed by atoms with Gasteiger partial charge in [0, 0.05) is 54.2 Å². The number of nitrogens with zero attached hydrogens (tertiary/aromatic N) is 3. The van der Waals surface area contributed by atoms with Gasteiger partial charge < -0.3 is 15.5 Å². The average molecular weight is 537 g/mol. The molecule has 1 amide bonds. The Morgan fingerprint density at radius 3 is 2.41 bits per heavy atom. The number of halogens is 1. The van der Waals surface area contributed by atoms with Gasteiger partial charge in [0.2, 0.25) is 15.9 Å². The lowest BCUT2D eigenvalue weighted by Crippen LogP contribution is -2.45. The first-order valence-electron chi connectivity index (χ1n) is 9.46. The van der Waals surface area contributed by atoms with Crippen molar-refractivity contribution in [3.05, 3.63) is 29.8 Å². The van der Waals surface area contributed by atoms with Gasteiger partial charge in [-0.25, -0.2) is 12.7 Å². The molecule has 1 heterocycles. The van der Waals surface area contributed by atoms with Crippen molar-refractivity contribution in [1.82, 2.24) is 19.8 Å². The monoisotopic (exact) mass is 537 g/mol. The molecule has 0 unspecified atom stereocenters. The molecule has 0 aliphatic carbocycles. The molecule has 2 N–H and O–H groups in total. The van der Waals surface area contributed by atoms with E-state index >= 15 is 0 Å². The highest BCUT2D eigenvalue weighted by atomic mass is 127. The zero-order valence-corrected chi connectivity index (χ0v) is 20.7. The van der Waals surface area contributed by atoms with Crippen LogP contribution in [0.3, 0.4) is 0 Å². The molecule has 1 aromatic rings. The second-order valence-corrected chi connectivity index (χ2v) is 9.22. The molecule has 29 heavy (non-hydrogen) atoms. The van der Waals surface area contributed by atoms with Gasteiger partial charge in [-0.3, -0.25) is 9.79 Å². The lowest BCUT2D eigenvalue weighted by molar-refractivity contribution is -0.121. The number of piperidine rings is 1. The minimum atomic E-state index is -3.51. The van der Waals surface area contributed by atoms with Crippen LogP contribution in [0.4, 0.5) is 0 Å². The summed E-state index contributed by atoms with van der Waals surface area (Å²) in [6.07, 6.45) is 2.42. The number of nitrogens with one attached hydrogen (secondary N) is 2. The maximum Gasteiger partial charge on any atom is 0.242 e. The van der Waals surface area contributed by atoms with E-state index in [0.29, 0.717) is 29.3 Å². The number of hydrogen-bond donors (Lipinski definition) is 2. The Kier molecular flexibility index (Phi) is 10.3. The maximum absolute atomic E-state index is 12.5. The van der Waals surface area contributed by atoms with Crippen molar-refractivity contribution in [2.75, 3.05) is 41.3 Å². The zero-order chi connectivity index (χ0) is 20.7. The molecule has 1 aromatic carbocycles. The largest absolute Gasteiger partial charge is 0.359 e. The topological polar surface area (TPSA) is 94.1 Å². The van der Waals surface area contributed by atoms with Crippen molar-refractivity contribution >= 4 is 45.9 Å². The third kappa shape index (κ3) is 6.82. The summed E-state index contributed by atoms with van der Waals surface area (Å²) in [5.74, 6) is 1.22. The van der Waals surface area contributed by atoms with E-state index in [9.17, 15) is 13.2 Å². The Morgan fingerprint density at radius 2 is 1.86 bits per heavy atom. The van der Waals surface area contributed by atoms with Gasteiger partial charge in [0.25, 0.3) is 0 Å². The molecular weight excluding hydrogens is 505 g/mol. The highest BCUT2D eigenvalue weighted by molar-refractivity contribution is 14.0. The SMILES string of the molecule is CN=C(NCc1ccccc1S(=O)(=O)N(C)C)N1CCC(CC(=O)NC)CC1.I. The lowest BCUT2D eigenvalue weighted by atomic mass is 9.93. The van der Waals surface area contributed by atoms with Crippen LogP contribution < -0.4 is 10.6 Å². The van der Waals surface area contributed by atoms with Crippen LogP contribution in [0.15, 0.2) is 34.2 Å². The van der Waals surface area contributed by atoms with Crippen LogP contribution in [0.2, 0.25) is 0 Å². The number of benzene rings is 1. The van der Waals surface area contributed by atoms with Crippen LogP contribution in [-0.2, 0) is 21.4 Å². The number of sulfonamides is 1. The first kappa shape index (κ1) is 25.6. The fourth-order valence-electron chi connectivity index (χ4n) is 3.32. The van der Waals surface area contributed by atoms with Crippen LogP contribution in [0.5, 0.6) is 0 Å². The third-order valence-corrected chi connectivity index (χ3v) is 6.96. The van der Waals surface area contributed by atoms with E-state index in [1.54, 1.807) is 26.2 Å². The Labute approximate surface area is 191 Å². The van der Waals surface area contributed by atoms with Gasteiger partial charge in [-0.1, -0.05) is 18.2 Å². The van der Waals surface area contributed by atoms with E-state index in [4.69, 9.17) is 0 Å². The molecule has 1 aliphatic rings. The number of carbonyl (C=O) groups excluding carboxylic acids is 1. The highest BCUT2D eigenvalue weighted by Crippen LogP contribution is 2.21. The normalized spacial score (nSPS) is 15.8. The number of amides is 1. The van der Waals surface area contributed by atoms with Gasteiger partial charge >= 0.3 is 0 Å². The fraction of sp³-hybridized carbons (Fsp3) is 0.579. The molecule has 2 rings (SSSR count). The van der Waals surface area contributed by atoms with E-state index in [1.807, 2.05) is 12.1 Å². The smallest absolute Gasteiger partial charge is 0.242 e. The first-order chi connectivity index (χ1) is 13.3. The van der Waals surface area contributed by atoms with Gasteiger partial charge in [0.05, 0.1) is 4.90 Å². The highest BCUT2D eigenvalue weighted by Gasteiger charge is 2.24. The van der Waals surface area contributed by atoms with E-state index in [2.05, 4.69) is 20.5 Å². The Morgan fingerprint density at radius 1 is 1.24 bits per heavy atom. The average Bonchev–Trinajstić information content (AvgIpc) is 2.69. The van der Waals surface area contributed by atoms with Gasteiger partial charge in [0.1, 0.15) is 0 Å². The standard InChI is InChI=1S/C19H31N5O3S.HI/c1-20-18(25)13-15-9-11-24(12-10-15)19(21-2)22-14-16-7-5-6-8-17(16)28(26,27)23(3)4;/h5-8,15H,9-14H2,1-4H3,(H,20,25)(H,21,22);1H. The first-order valence-corrected chi connectivity index (χ1v) is 10.9. The molecule has 0 radical (unpaired) electrons. The van der Waals surface area contributed by atoms with Crippen molar-refractivity contribution < 1.29 is 13.2 Å². The molecule has 8 nitrogen and oxygen atoms in total. The second kappa shape index (κ2) is 11.7. The van der Waals surface area contributed by atoms with Gasteiger partial charge in [-0.05, 0) is 30.4 Å². The van der Waals surface area contributed by atoms with Crippen LogP contribution in [0.25, 0.3) is 0 Å². The van der Waals surface area contributed by atoms with Crippen molar-refractivity contribution in [1.29, 1.82) is 0 Å². The predicted octanol–water partition coefficient (Wildman–Crippen LogP) is 1.48. The Bertz CT molecular complexity index is 806. The number of carbonyl (C=O) groups is 1. The summed E-state index contributed by atoms with van der Waals surface area (Å²) in [6, 6.07) is 7.00. The van der Waals surface area contributed by atoms with Crippen LogP contribution in [0.1, 0.15) is 24.8 Å². The van der Waals surface area contributed by atoms with Crippen molar-refractivity contribution in [3.63, 3.8) is 0 Å². The fourth-order valence-corrected chi connectivity index (χ4v) is 4.43. The molecule has 0 aromatic heterocycles. The molecule has 10 heteroatoms. The van der Waals surface area contributed by atoms with Crippen LogP contribution >= 0.6 is 24.0 Å². The second-order valence-electron chi connectivity index (χ2n) is 7.10. The molecule has 164 valence electrons. The molecule has 1 aliphatic heterocycles. The Hall–Kier alpha value is -1.40. The number of hydrogen-bond acceptors (Lipinski definition) is 4. The van der Waals surface area contributed by atoms with E-state index in [-0.39, 0.29) is 29.9 Å². The summed E-state index contributed by atoms with van der Waals surface area (Å²) in [7, 11) is 2.94. The maximum atomic E-state index is 12.5. The number of guanidine groups is 1. The number of aliphatic imine (C=N–C) groups is 1. The molecule has 1 fully saturated rings. The summed E-state index contributed by atoms with van der Waals surface area (Å²) in [5.41, 5.74) is 0.701. The molecule has 0 atom stereocenters. The van der Waals surface area contributed by atoms with Gasteiger partial charge in [-0.2, -0.15) is 0 Å². The summed E-state index contributed by atoms with van der Waals surface area (Å²) in [4.78, 5) is 18.4. The lowest BCUT2D eigenvalue weighted by Gasteiger charge is -2.34. The number of rotatable bonds is 6. The van der Waals surface area contributed by atoms with Crippen molar-refractivity contribution in [3.8, 4) is 0 Å². The van der Waals surface area contributed by atoms with Gasteiger partial charge in [-0.15, -0.1) is 24.0 Å². The molecule has 0 saturated carbocycles. The molecule has 0 bridgehead atoms. The van der Waals surface area contributed by atoms with Crippen molar-refractivity contribution in [2.24, 2.45) is 10.9 Å². The van der Waals surface area contributed by atoms with Crippen molar-refractivity contribution in [2.45, 2.75) is 30.7 Å². The predicted molar refractivity (Wildman–Crippen MR) is 126 cm³/mol. The summed E-state index contributed by atoms with van der Waals surface area (Å²) >= 11 is 0. The minimum absolute atomic E-state index is 0. The zero-order valence-electron chi connectivity index (χ0n) is 17.5. The summed E-state index contributed by atoms with van der Waals surface area (Å²) < 4.78 is 26.3. The number of likely N-dealkylation sites (tertiary alicyclic amines) is 1. The molecular formula is C19H32IN5O3S. The van der Waals surface area contributed by atoms with E-state index in [1.165, 1.54) is 18.4 Å².